The van der Waals surface area contributed by atoms with E-state index in [-0.39, 0.29) is 13.6 Å². The lowest BCUT2D eigenvalue weighted by Gasteiger charge is -1.97. The van der Waals surface area contributed by atoms with E-state index in [2.05, 4.69) is 6.92 Å². The van der Waals surface area contributed by atoms with Crippen LogP contribution in [0.2, 0.25) is 0 Å². The largest absolute Gasteiger partial charge is 0.316 e. The summed E-state index contributed by atoms with van der Waals surface area (Å²) in [7, 11) is 0. The van der Waals surface area contributed by atoms with Crippen LogP contribution in [0.5, 0.6) is 0 Å². The van der Waals surface area contributed by atoms with Crippen molar-refractivity contribution in [2.45, 2.75) is 25.9 Å². The lowest BCUT2D eigenvalue weighted by atomic mass is 10.3. The van der Waals surface area contributed by atoms with Crippen molar-refractivity contribution in [3.8, 4) is 0 Å². The van der Waals surface area contributed by atoms with Crippen molar-refractivity contribution in [2.75, 3.05) is 0 Å². The van der Waals surface area contributed by atoms with Gasteiger partial charge in [0.05, 0.1) is 6.17 Å². The number of hydrogen-bond acceptors (Lipinski definition) is 2. The lowest BCUT2D eigenvalue weighted by Crippen LogP contribution is -2.29. The van der Waals surface area contributed by atoms with E-state index < -0.39 is 0 Å². The first-order chi connectivity index (χ1) is 2.77. The van der Waals surface area contributed by atoms with Crippen LogP contribution in [0.1, 0.15) is 19.8 Å². The zero-order valence-corrected chi connectivity index (χ0v) is 4.65. The second-order valence-corrected chi connectivity index (χ2v) is 1.45. The van der Waals surface area contributed by atoms with Crippen molar-refractivity contribution < 1.29 is 0 Å². The van der Waals surface area contributed by atoms with Crippen LogP contribution in [0.25, 0.3) is 0 Å². The molecule has 0 aliphatic carbocycles. The average molecular weight is 100 g/mol. The standard InChI is InChI=1S/C4H12N2.C/c1-2-3-4(5)6;/h4H,2-3,5-6H2,1H3;. The second-order valence-electron chi connectivity index (χ2n) is 1.45. The van der Waals surface area contributed by atoms with Crippen molar-refractivity contribution >= 4 is 0 Å². The summed E-state index contributed by atoms with van der Waals surface area (Å²) in [6.07, 6.45) is 1.91. The predicted molar refractivity (Wildman–Crippen MR) is 30.3 cm³/mol. The second kappa shape index (κ2) is 5.92. The van der Waals surface area contributed by atoms with Crippen LogP contribution in [0, 0.1) is 7.43 Å². The van der Waals surface area contributed by atoms with Crippen LogP contribution in [-0.4, -0.2) is 6.17 Å². The summed E-state index contributed by atoms with van der Waals surface area (Å²) >= 11 is 0. The van der Waals surface area contributed by atoms with E-state index in [4.69, 9.17) is 11.5 Å². The third-order valence-corrected chi connectivity index (χ3v) is 0.622. The lowest BCUT2D eigenvalue weighted by molar-refractivity contribution is 0.627. The molecule has 0 aromatic carbocycles. The van der Waals surface area contributed by atoms with E-state index >= 15 is 0 Å². The van der Waals surface area contributed by atoms with E-state index in [1.165, 1.54) is 0 Å². The van der Waals surface area contributed by atoms with Gasteiger partial charge in [-0.25, -0.2) is 0 Å². The van der Waals surface area contributed by atoms with E-state index in [9.17, 15) is 0 Å². The molecule has 0 aliphatic heterocycles. The van der Waals surface area contributed by atoms with Crippen molar-refractivity contribution in [3.63, 3.8) is 0 Å². The number of rotatable bonds is 2. The van der Waals surface area contributed by atoms with Crippen LogP contribution in [0.3, 0.4) is 0 Å². The third kappa shape index (κ3) is 10.7. The summed E-state index contributed by atoms with van der Waals surface area (Å²) in [5.41, 5.74) is 10.4. The van der Waals surface area contributed by atoms with Gasteiger partial charge in [0, 0.05) is 7.43 Å². The van der Waals surface area contributed by atoms with Crippen LogP contribution in [-0.2, 0) is 0 Å². The monoisotopic (exact) mass is 100 g/mol. The normalized spacial score (nSPS) is 8.57. The highest BCUT2D eigenvalue weighted by Crippen LogP contribution is 1.82. The highest BCUT2D eigenvalue weighted by atomic mass is 14.8. The van der Waals surface area contributed by atoms with E-state index in [0.29, 0.717) is 0 Å². The topological polar surface area (TPSA) is 52.0 Å². The quantitative estimate of drug-likeness (QED) is 0.484. The minimum Gasteiger partial charge on any atom is -0.316 e. The molecule has 0 saturated heterocycles. The SMILES string of the molecule is CCCC(N)N.[C]. The van der Waals surface area contributed by atoms with Crippen molar-refractivity contribution in [2.24, 2.45) is 11.5 Å². The zero-order chi connectivity index (χ0) is 4.99. The zero-order valence-electron chi connectivity index (χ0n) is 4.65. The van der Waals surface area contributed by atoms with Gasteiger partial charge in [-0.15, -0.1) is 0 Å². The van der Waals surface area contributed by atoms with Crippen LogP contribution < -0.4 is 11.5 Å². The molecule has 0 bridgehead atoms. The smallest absolute Gasteiger partial charge is 0.0520 e. The third-order valence-electron chi connectivity index (χ3n) is 0.622. The molecule has 0 aromatic heterocycles. The highest BCUT2D eigenvalue weighted by molar-refractivity contribution is 4.45. The molecule has 0 unspecified atom stereocenters. The van der Waals surface area contributed by atoms with Gasteiger partial charge < -0.3 is 11.5 Å². The van der Waals surface area contributed by atoms with Gasteiger partial charge in [-0.05, 0) is 6.42 Å². The minimum absolute atomic E-state index is 0. The van der Waals surface area contributed by atoms with Crippen molar-refractivity contribution in [3.05, 3.63) is 7.43 Å². The first-order valence-electron chi connectivity index (χ1n) is 2.28. The molecular formula is C5H12N2. The van der Waals surface area contributed by atoms with Gasteiger partial charge in [-0.1, -0.05) is 13.3 Å². The molecule has 0 saturated carbocycles. The molecule has 42 valence electrons. The van der Waals surface area contributed by atoms with Gasteiger partial charge in [-0.2, -0.15) is 0 Å². The van der Waals surface area contributed by atoms with Gasteiger partial charge in [0.15, 0.2) is 0 Å². The molecule has 0 atom stereocenters. The van der Waals surface area contributed by atoms with Crippen molar-refractivity contribution in [1.29, 1.82) is 0 Å². The molecule has 0 rings (SSSR count). The Morgan fingerprint density at radius 3 is 1.86 bits per heavy atom. The molecule has 0 heterocycles. The van der Waals surface area contributed by atoms with Gasteiger partial charge in [0.2, 0.25) is 0 Å². The Kier molecular flexibility index (Phi) is 8.47. The molecule has 0 aromatic rings. The molecule has 0 fully saturated rings. The maximum atomic E-state index is 5.18. The first-order valence-corrected chi connectivity index (χ1v) is 2.28. The summed E-state index contributed by atoms with van der Waals surface area (Å²) in [5.74, 6) is 0. The molecule has 4 radical (unpaired) electrons. The fourth-order valence-corrected chi connectivity index (χ4v) is 0.333. The summed E-state index contributed by atoms with van der Waals surface area (Å²) in [4.78, 5) is 0. The highest BCUT2D eigenvalue weighted by Gasteiger charge is 1.85. The van der Waals surface area contributed by atoms with Crippen LogP contribution in [0.4, 0.5) is 0 Å². The predicted octanol–water partition coefficient (Wildman–Crippen LogP) is 0.111. The molecular weight excluding hydrogens is 88.1 g/mol. The van der Waals surface area contributed by atoms with Gasteiger partial charge in [0.1, 0.15) is 0 Å². The Labute approximate surface area is 45.9 Å². The molecule has 0 amide bonds. The van der Waals surface area contributed by atoms with Crippen LogP contribution in [0.15, 0.2) is 0 Å². The average Bonchev–Trinajstić information content (AvgIpc) is 1.35. The molecule has 0 spiro atoms. The molecule has 4 N–H and O–H groups in total. The maximum absolute atomic E-state index is 5.18. The Balaban J connectivity index is 0. The summed E-state index contributed by atoms with van der Waals surface area (Å²) in [6.45, 7) is 2.06. The molecule has 7 heavy (non-hydrogen) atoms. The van der Waals surface area contributed by atoms with E-state index in [1.54, 1.807) is 0 Å². The molecule has 2 nitrogen and oxygen atoms in total. The van der Waals surface area contributed by atoms with Gasteiger partial charge >= 0.3 is 0 Å². The van der Waals surface area contributed by atoms with Gasteiger partial charge in [0.25, 0.3) is 0 Å². The van der Waals surface area contributed by atoms with Crippen molar-refractivity contribution in [1.82, 2.24) is 0 Å². The summed E-state index contributed by atoms with van der Waals surface area (Å²) < 4.78 is 0. The number of hydrogen-bond donors (Lipinski definition) is 2. The fraction of sp³-hybridized carbons (Fsp3) is 0.800. The number of nitrogens with two attached hydrogens (primary N) is 2. The Hall–Kier alpha value is -0.0800. The van der Waals surface area contributed by atoms with E-state index in [1.807, 2.05) is 0 Å². The Bertz CT molecular complexity index is 27.3. The fourth-order valence-electron chi connectivity index (χ4n) is 0.333. The minimum atomic E-state index is -0.102. The summed E-state index contributed by atoms with van der Waals surface area (Å²) in [5, 5.41) is 0. The van der Waals surface area contributed by atoms with Gasteiger partial charge in [-0.3, -0.25) is 0 Å². The molecule has 0 aliphatic rings. The Morgan fingerprint density at radius 1 is 1.43 bits per heavy atom. The summed E-state index contributed by atoms with van der Waals surface area (Å²) in [6, 6.07) is 0. The molecule has 2 heteroatoms. The maximum Gasteiger partial charge on any atom is 0.0520 e. The Morgan fingerprint density at radius 2 is 1.86 bits per heavy atom. The first kappa shape index (κ1) is 10.0. The van der Waals surface area contributed by atoms with Crippen LogP contribution >= 0.6 is 0 Å². The van der Waals surface area contributed by atoms with E-state index in [0.717, 1.165) is 12.8 Å².